The van der Waals surface area contributed by atoms with E-state index in [2.05, 4.69) is 31.2 Å². The highest BCUT2D eigenvalue weighted by Crippen LogP contribution is 2.30. The van der Waals surface area contributed by atoms with Gasteiger partial charge in [-0.05, 0) is 36.4 Å². The molecule has 0 atom stereocenters. The minimum absolute atomic E-state index is 0.0143. The Balaban J connectivity index is 1.92. The Morgan fingerprint density at radius 1 is 0.923 bits per heavy atom. The third-order valence-electron chi connectivity index (χ3n) is 4.32. The number of benzene rings is 2. The number of nitrogens with zero attached hydrogens (tertiary/aromatic N) is 3. The predicted octanol–water partition coefficient (Wildman–Crippen LogP) is 2.63. The molecule has 2 aromatic carbocycles. The first-order valence-electron chi connectivity index (χ1n) is 8.29. The highest BCUT2D eigenvalue weighted by atomic mass is 79.9. The zero-order valence-electron chi connectivity index (χ0n) is 13.9. The highest BCUT2D eigenvalue weighted by molar-refractivity contribution is 9.10. The van der Waals surface area contributed by atoms with E-state index >= 15 is 0 Å². The number of hydrogen-bond donors (Lipinski definition) is 1. The molecule has 1 fully saturated rings. The maximum Gasteiger partial charge on any atom is 0.227 e. The van der Waals surface area contributed by atoms with Crippen LogP contribution in [0.25, 0.3) is 11.0 Å². The van der Waals surface area contributed by atoms with Crippen molar-refractivity contribution in [2.24, 2.45) is 0 Å². The Bertz CT molecular complexity index is 1050. The van der Waals surface area contributed by atoms with Crippen LogP contribution in [0.4, 0.5) is 5.82 Å². The number of aromatic nitrogens is 2. The zero-order valence-corrected chi connectivity index (χ0v) is 16.3. The Labute approximate surface area is 160 Å². The summed E-state index contributed by atoms with van der Waals surface area (Å²) in [5, 5.41) is 3.29. The van der Waals surface area contributed by atoms with Crippen molar-refractivity contribution in [2.75, 3.05) is 31.1 Å². The highest BCUT2D eigenvalue weighted by Gasteiger charge is 2.28. The number of anilines is 1. The van der Waals surface area contributed by atoms with E-state index < -0.39 is 9.84 Å². The van der Waals surface area contributed by atoms with E-state index in [1.807, 2.05) is 23.1 Å². The smallest absolute Gasteiger partial charge is 0.227 e. The maximum absolute atomic E-state index is 13.3. The first kappa shape index (κ1) is 17.4. The van der Waals surface area contributed by atoms with Crippen molar-refractivity contribution in [2.45, 2.75) is 9.92 Å². The zero-order chi connectivity index (χ0) is 18.1. The molecular formula is C18H17BrN4O2S. The monoisotopic (exact) mass is 432 g/mol. The lowest BCUT2D eigenvalue weighted by Gasteiger charge is -2.29. The quantitative estimate of drug-likeness (QED) is 0.685. The molecule has 6 nitrogen and oxygen atoms in total. The molecule has 1 aliphatic heterocycles. The molecule has 0 saturated carbocycles. The Morgan fingerprint density at radius 3 is 2.19 bits per heavy atom. The van der Waals surface area contributed by atoms with Gasteiger partial charge in [0.05, 0.1) is 15.9 Å². The number of rotatable bonds is 3. The summed E-state index contributed by atoms with van der Waals surface area (Å²) in [5.74, 6) is 0.424. The van der Waals surface area contributed by atoms with Crippen molar-refractivity contribution in [3.05, 3.63) is 53.0 Å². The van der Waals surface area contributed by atoms with Crippen LogP contribution >= 0.6 is 15.9 Å². The van der Waals surface area contributed by atoms with Crippen LogP contribution in [0.1, 0.15) is 0 Å². The fourth-order valence-electron chi connectivity index (χ4n) is 2.96. The van der Waals surface area contributed by atoms with E-state index in [1.54, 1.807) is 30.3 Å². The number of fused-ring (bicyclic) bond motifs is 1. The van der Waals surface area contributed by atoms with Crippen molar-refractivity contribution in [3.63, 3.8) is 0 Å². The number of piperazine rings is 1. The van der Waals surface area contributed by atoms with E-state index in [0.717, 1.165) is 17.6 Å². The van der Waals surface area contributed by atoms with Gasteiger partial charge in [-0.25, -0.2) is 18.4 Å². The summed E-state index contributed by atoms with van der Waals surface area (Å²) in [4.78, 5) is 11.3. The molecule has 0 aliphatic carbocycles. The molecule has 1 N–H and O–H groups in total. The van der Waals surface area contributed by atoms with Gasteiger partial charge < -0.3 is 10.2 Å². The first-order valence-corrected chi connectivity index (χ1v) is 10.6. The molecule has 4 rings (SSSR count). The summed E-state index contributed by atoms with van der Waals surface area (Å²) >= 11 is 3.34. The fraction of sp³-hybridized carbons (Fsp3) is 0.222. The molecule has 0 radical (unpaired) electrons. The summed E-state index contributed by atoms with van der Waals surface area (Å²) in [6, 6.07) is 13.9. The van der Waals surface area contributed by atoms with Gasteiger partial charge in [0.1, 0.15) is 0 Å². The van der Waals surface area contributed by atoms with Crippen LogP contribution in [0.15, 0.2) is 62.9 Å². The molecule has 2 heterocycles. The standard InChI is InChI=1S/C18H17BrN4O2S/c19-13-5-7-14(8-6-13)26(24,25)18-17(23-11-9-20-10-12-23)21-15-3-1-2-4-16(15)22-18/h1-8,20H,9-12H2. The Morgan fingerprint density at radius 2 is 1.54 bits per heavy atom. The summed E-state index contributed by atoms with van der Waals surface area (Å²) in [7, 11) is -3.78. The van der Waals surface area contributed by atoms with Gasteiger partial charge in [-0.15, -0.1) is 0 Å². The second-order valence-electron chi connectivity index (χ2n) is 6.04. The number of sulfone groups is 1. The van der Waals surface area contributed by atoms with Gasteiger partial charge in [0.25, 0.3) is 0 Å². The maximum atomic E-state index is 13.3. The molecule has 134 valence electrons. The predicted molar refractivity (Wildman–Crippen MR) is 104 cm³/mol. The van der Waals surface area contributed by atoms with E-state index in [1.165, 1.54) is 0 Å². The third kappa shape index (κ3) is 3.20. The molecule has 0 unspecified atom stereocenters. The van der Waals surface area contributed by atoms with Gasteiger partial charge in [-0.1, -0.05) is 28.1 Å². The number of halogens is 1. The van der Waals surface area contributed by atoms with Crippen LogP contribution in [0.5, 0.6) is 0 Å². The molecular weight excluding hydrogens is 416 g/mol. The summed E-state index contributed by atoms with van der Waals surface area (Å²) in [6.45, 7) is 2.95. The fourth-order valence-corrected chi connectivity index (χ4v) is 4.58. The second kappa shape index (κ2) is 6.94. The SMILES string of the molecule is O=S(=O)(c1ccc(Br)cc1)c1nc2ccccc2nc1N1CCNCC1. The minimum atomic E-state index is -3.78. The van der Waals surface area contributed by atoms with Gasteiger partial charge in [-0.3, -0.25) is 0 Å². The summed E-state index contributed by atoms with van der Waals surface area (Å²) in [5.41, 5.74) is 1.26. The van der Waals surface area contributed by atoms with Crippen molar-refractivity contribution in [1.29, 1.82) is 0 Å². The summed E-state index contributed by atoms with van der Waals surface area (Å²) < 4.78 is 27.4. The molecule has 3 aromatic rings. The van der Waals surface area contributed by atoms with Gasteiger partial charge in [-0.2, -0.15) is 0 Å². The molecule has 1 saturated heterocycles. The Hall–Kier alpha value is -2.03. The molecule has 1 aliphatic rings. The largest absolute Gasteiger partial charge is 0.352 e. The Kier molecular flexibility index (Phi) is 4.64. The van der Waals surface area contributed by atoms with Gasteiger partial charge >= 0.3 is 0 Å². The first-order chi connectivity index (χ1) is 12.6. The van der Waals surface area contributed by atoms with Crippen LogP contribution in [-0.2, 0) is 9.84 Å². The van der Waals surface area contributed by atoms with Gasteiger partial charge in [0.2, 0.25) is 14.9 Å². The van der Waals surface area contributed by atoms with Crippen molar-refractivity contribution >= 4 is 42.6 Å². The van der Waals surface area contributed by atoms with E-state index in [0.29, 0.717) is 29.9 Å². The third-order valence-corrected chi connectivity index (χ3v) is 6.52. The average molecular weight is 433 g/mol. The number of hydrogen-bond acceptors (Lipinski definition) is 6. The van der Waals surface area contributed by atoms with Crippen LogP contribution in [-0.4, -0.2) is 44.6 Å². The second-order valence-corrected chi connectivity index (χ2v) is 8.82. The molecule has 0 spiro atoms. The van der Waals surface area contributed by atoms with Gasteiger partial charge in [0.15, 0.2) is 5.82 Å². The van der Waals surface area contributed by atoms with Crippen molar-refractivity contribution < 1.29 is 8.42 Å². The lowest BCUT2D eigenvalue weighted by molar-refractivity contribution is 0.572. The average Bonchev–Trinajstić information content (AvgIpc) is 2.68. The van der Waals surface area contributed by atoms with Crippen LogP contribution in [0, 0.1) is 0 Å². The van der Waals surface area contributed by atoms with E-state index in [-0.39, 0.29) is 9.92 Å². The molecule has 0 amide bonds. The van der Waals surface area contributed by atoms with E-state index in [9.17, 15) is 8.42 Å². The molecule has 26 heavy (non-hydrogen) atoms. The molecule has 1 aromatic heterocycles. The molecule has 0 bridgehead atoms. The lowest BCUT2D eigenvalue weighted by atomic mass is 10.3. The van der Waals surface area contributed by atoms with Crippen molar-refractivity contribution in [1.82, 2.24) is 15.3 Å². The van der Waals surface area contributed by atoms with E-state index in [4.69, 9.17) is 0 Å². The van der Waals surface area contributed by atoms with Crippen molar-refractivity contribution in [3.8, 4) is 0 Å². The van der Waals surface area contributed by atoms with Crippen LogP contribution in [0.2, 0.25) is 0 Å². The summed E-state index contributed by atoms with van der Waals surface area (Å²) in [6.07, 6.45) is 0. The van der Waals surface area contributed by atoms with Crippen LogP contribution in [0.3, 0.4) is 0 Å². The topological polar surface area (TPSA) is 75.2 Å². The number of para-hydroxylation sites is 2. The normalized spacial score (nSPS) is 15.3. The minimum Gasteiger partial charge on any atom is -0.352 e. The van der Waals surface area contributed by atoms with Gasteiger partial charge in [0, 0.05) is 30.7 Å². The number of nitrogens with one attached hydrogen (secondary N) is 1. The van der Waals surface area contributed by atoms with Crippen LogP contribution < -0.4 is 10.2 Å². The molecule has 8 heteroatoms. The lowest BCUT2D eigenvalue weighted by Crippen LogP contribution is -2.44.